The summed E-state index contributed by atoms with van der Waals surface area (Å²) >= 11 is 0. The number of nitrogens with zero attached hydrogens (tertiary/aromatic N) is 2. The Hall–Kier alpha value is -3.10. The van der Waals surface area contributed by atoms with Crippen molar-refractivity contribution in [3.63, 3.8) is 0 Å². The predicted molar refractivity (Wildman–Crippen MR) is 64.3 cm³/mol. The Morgan fingerprint density at radius 3 is 2.48 bits per heavy atom. The molecule has 7 nitrogen and oxygen atoms in total. The zero-order chi connectivity index (χ0) is 15.6. The first-order chi connectivity index (χ1) is 9.90. The molecule has 1 heterocycles. The van der Waals surface area contributed by atoms with Gasteiger partial charge in [0.1, 0.15) is 5.56 Å². The number of nitro benzene ring substituents is 1. The van der Waals surface area contributed by atoms with Crippen LogP contribution in [-0.2, 0) is 0 Å². The molecule has 0 aliphatic rings. The molecule has 1 aromatic carbocycles. The van der Waals surface area contributed by atoms with Gasteiger partial charge in [-0.3, -0.25) is 15.1 Å². The van der Waals surface area contributed by atoms with Gasteiger partial charge < -0.3 is 9.84 Å². The van der Waals surface area contributed by atoms with Crippen molar-refractivity contribution < 1.29 is 28.3 Å². The quantitative estimate of drug-likeness (QED) is 0.687. The number of benzene rings is 1. The maximum Gasteiger partial charge on any atom is 0.339 e. The number of aromatic carboxylic acids is 1. The van der Waals surface area contributed by atoms with Gasteiger partial charge in [-0.2, -0.15) is 0 Å². The number of aromatic nitrogens is 1. The average Bonchev–Trinajstić information content (AvgIpc) is 2.42. The second-order valence-corrected chi connectivity index (χ2v) is 3.77. The number of hydrogen-bond acceptors (Lipinski definition) is 5. The molecule has 1 aromatic heterocycles. The van der Waals surface area contributed by atoms with Crippen LogP contribution in [0.3, 0.4) is 0 Å². The summed E-state index contributed by atoms with van der Waals surface area (Å²) in [6, 6.07) is 2.02. The van der Waals surface area contributed by atoms with Crippen LogP contribution in [0.2, 0.25) is 0 Å². The topological polar surface area (TPSA) is 103 Å². The van der Waals surface area contributed by atoms with Crippen LogP contribution < -0.4 is 4.74 Å². The fourth-order valence-electron chi connectivity index (χ4n) is 1.50. The van der Waals surface area contributed by atoms with Crippen LogP contribution in [0.15, 0.2) is 30.6 Å². The minimum Gasteiger partial charge on any atom is -0.478 e. The second-order valence-electron chi connectivity index (χ2n) is 3.77. The lowest BCUT2D eigenvalue weighted by Crippen LogP contribution is -2.02. The summed E-state index contributed by atoms with van der Waals surface area (Å²) < 4.78 is 32.2. The predicted octanol–water partition coefficient (Wildman–Crippen LogP) is 2.76. The van der Waals surface area contributed by atoms with Crippen LogP contribution >= 0.6 is 0 Å². The maximum atomic E-state index is 13.7. The Bertz CT molecular complexity index is 712. The van der Waals surface area contributed by atoms with Crippen LogP contribution in [0, 0.1) is 21.7 Å². The Morgan fingerprint density at radius 2 is 1.95 bits per heavy atom. The summed E-state index contributed by atoms with van der Waals surface area (Å²) in [4.78, 5) is 24.0. The van der Waals surface area contributed by atoms with Crippen LogP contribution in [0.25, 0.3) is 0 Å². The molecule has 0 atom stereocenters. The number of carboxylic acid groups (broad SMARTS) is 1. The monoisotopic (exact) mass is 296 g/mol. The van der Waals surface area contributed by atoms with Crippen molar-refractivity contribution in [1.29, 1.82) is 0 Å². The number of carboxylic acids is 1. The molecule has 108 valence electrons. The fourth-order valence-corrected chi connectivity index (χ4v) is 1.50. The van der Waals surface area contributed by atoms with E-state index >= 15 is 0 Å². The largest absolute Gasteiger partial charge is 0.478 e. The number of pyridine rings is 1. The third-order valence-corrected chi connectivity index (χ3v) is 2.42. The molecular formula is C12H6F2N2O5. The van der Waals surface area contributed by atoms with E-state index in [2.05, 4.69) is 4.98 Å². The summed E-state index contributed by atoms with van der Waals surface area (Å²) in [6.45, 7) is 0. The van der Waals surface area contributed by atoms with Gasteiger partial charge in [-0.15, -0.1) is 0 Å². The summed E-state index contributed by atoms with van der Waals surface area (Å²) in [7, 11) is 0. The first kappa shape index (κ1) is 14.3. The third kappa shape index (κ3) is 2.91. The van der Waals surface area contributed by atoms with Gasteiger partial charge in [-0.25, -0.2) is 13.6 Å². The number of nitro groups is 1. The number of rotatable bonds is 4. The van der Waals surface area contributed by atoms with Gasteiger partial charge in [0.05, 0.1) is 23.3 Å². The Labute approximate surface area is 115 Å². The highest BCUT2D eigenvalue weighted by atomic mass is 19.1. The number of halogens is 2. The molecule has 0 amide bonds. The average molecular weight is 296 g/mol. The van der Waals surface area contributed by atoms with Crippen molar-refractivity contribution in [2.75, 3.05) is 0 Å². The standard InChI is InChI=1S/C12H6F2N2O5/c13-8-3-6(16(19)20)4-9(14)11(8)21-10-5-15-2-1-7(10)12(17)18/h1-5H,(H,17,18). The summed E-state index contributed by atoms with van der Waals surface area (Å²) in [5.41, 5.74) is -1.15. The van der Waals surface area contributed by atoms with Gasteiger partial charge in [-0.1, -0.05) is 0 Å². The van der Waals surface area contributed by atoms with Crippen molar-refractivity contribution in [3.8, 4) is 11.5 Å². The van der Waals surface area contributed by atoms with Crippen LogP contribution in [-0.4, -0.2) is 21.0 Å². The zero-order valence-corrected chi connectivity index (χ0v) is 10.1. The van der Waals surface area contributed by atoms with E-state index in [-0.39, 0.29) is 5.56 Å². The third-order valence-electron chi connectivity index (χ3n) is 2.42. The lowest BCUT2D eigenvalue weighted by atomic mass is 10.2. The minimum absolute atomic E-state index is 0.359. The highest BCUT2D eigenvalue weighted by molar-refractivity contribution is 5.90. The molecule has 1 N–H and O–H groups in total. The molecule has 0 spiro atoms. The molecule has 21 heavy (non-hydrogen) atoms. The molecule has 0 unspecified atom stereocenters. The van der Waals surface area contributed by atoms with Gasteiger partial charge in [0.2, 0.25) is 0 Å². The van der Waals surface area contributed by atoms with E-state index < -0.39 is 39.7 Å². The van der Waals surface area contributed by atoms with Gasteiger partial charge in [0.25, 0.3) is 5.69 Å². The molecule has 0 aliphatic heterocycles. The first-order valence-corrected chi connectivity index (χ1v) is 5.38. The molecule has 0 bridgehead atoms. The normalized spacial score (nSPS) is 10.2. The zero-order valence-electron chi connectivity index (χ0n) is 10.1. The van der Waals surface area contributed by atoms with Crippen LogP contribution in [0.5, 0.6) is 11.5 Å². The highest BCUT2D eigenvalue weighted by Gasteiger charge is 2.21. The van der Waals surface area contributed by atoms with Crippen molar-refractivity contribution in [3.05, 3.63) is 57.9 Å². The second kappa shape index (κ2) is 5.49. The number of ether oxygens (including phenoxy) is 1. The number of hydrogen-bond donors (Lipinski definition) is 1. The molecule has 0 fully saturated rings. The minimum atomic E-state index is -1.38. The summed E-state index contributed by atoms with van der Waals surface area (Å²) in [5.74, 6) is -5.38. The van der Waals surface area contributed by atoms with Crippen LogP contribution in [0.1, 0.15) is 10.4 Å². The Kier molecular flexibility index (Phi) is 3.74. The van der Waals surface area contributed by atoms with E-state index in [1.165, 1.54) is 6.20 Å². The van der Waals surface area contributed by atoms with Gasteiger partial charge >= 0.3 is 5.97 Å². The lowest BCUT2D eigenvalue weighted by Gasteiger charge is -2.09. The maximum absolute atomic E-state index is 13.7. The van der Waals surface area contributed by atoms with Gasteiger partial charge in [0, 0.05) is 6.20 Å². The smallest absolute Gasteiger partial charge is 0.339 e. The molecule has 0 radical (unpaired) electrons. The summed E-state index contributed by atoms with van der Waals surface area (Å²) in [6.07, 6.45) is 2.13. The Balaban J connectivity index is 2.46. The first-order valence-electron chi connectivity index (χ1n) is 5.38. The Morgan fingerprint density at radius 1 is 1.33 bits per heavy atom. The van der Waals surface area contributed by atoms with Crippen molar-refractivity contribution in [2.24, 2.45) is 0 Å². The number of non-ortho nitro benzene ring substituents is 1. The highest BCUT2D eigenvalue weighted by Crippen LogP contribution is 2.32. The molecule has 2 aromatic rings. The lowest BCUT2D eigenvalue weighted by molar-refractivity contribution is -0.385. The molecule has 0 saturated carbocycles. The van der Waals surface area contributed by atoms with Gasteiger partial charge in [0.15, 0.2) is 23.1 Å². The van der Waals surface area contributed by atoms with Crippen LogP contribution in [0.4, 0.5) is 14.5 Å². The molecule has 0 aliphatic carbocycles. The van der Waals surface area contributed by atoms with E-state index in [9.17, 15) is 23.7 Å². The van der Waals surface area contributed by atoms with E-state index in [0.717, 1.165) is 12.3 Å². The van der Waals surface area contributed by atoms with E-state index in [0.29, 0.717) is 12.1 Å². The molecular weight excluding hydrogens is 290 g/mol. The fraction of sp³-hybridized carbons (Fsp3) is 0. The SMILES string of the molecule is O=C(O)c1ccncc1Oc1c(F)cc([N+](=O)[O-])cc1F. The number of carbonyl (C=O) groups is 1. The van der Waals surface area contributed by atoms with E-state index in [1.54, 1.807) is 0 Å². The van der Waals surface area contributed by atoms with E-state index in [1.807, 2.05) is 0 Å². The molecule has 2 rings (SSSR count). The molecule has 0 saturated heterocycles. The van der Waals surface area contributed by atoms with Crippen molar-refractivity contribution >= 4 is 11.7 Å². The van der Waals surface area contributed by atoms with Crippen molar-refractivity contribution in [1.82, 2.24) is 4.98 Å². The van der Waals surface area contributed by atoms with Crippen molar-refractivity contribution in [2.45, 2.75) is 0 Å². The molecule has 9 heteroatoms. The van der Waals surface area contributed by atoms with Gasteiger partial charge in [-0.05, 0) is 6.07 Å². The summed E-state index contributed by atoms with van der Waals surface area (Å²) in [5, 5.41) is 19.4. The van der Waals surface area contributed by atoms with E-state index in [4.69, 9.17) is 9.84 Å².